The Morgan fingerprint density at radius 2 is 1.79 bits per heavy atom. The average Bonchev–Trinajstić information content (AvgIpc) is 3.04. The Kier molecular flexibility index (Phi) is 9.76. The summed E-state index contributed by atoms with van der Waals surface area (Å²) >= 11 is 0. The summed E-state index contributed by atoms with van der Waals surface area (Å²) in [6, 6.07) is 8.66. The van der Waals surface area contributed by atoms with Crippen LogP contribution < -0.4 is 10.6 Å². The first kappa shape index (κ1) is 22.1. The fraction of sp³-hybridized carbons (Fsp3) is 0.696. The van der Waals surface area contributed by atoms with E-state index in [1.807, 2.05) is 7.05 Å². The van der Waals surface area contributed by atoms with Crippen molar-refractivity contribution in [2.45, 2.75) is 57.7 Å². The quantitative estimate of drug-likeness (QED) is 0.303. The molecule has 0 bridgehead atoms. The number of hydrogen-bond acceptors (Lipinski definition) is 4. The van der Waals surface area contributed by atoms with Gasteiger partial charge in [-0.1, -0.05) is 49.9 Å². The first-order valence-electron chi connectivity index (χ1n) is 11.3. The Labute approximate surface area is 176 Å². The van der Waals surface area contributed by atoms with Crippen molar-refractivity contribution < 1.29 is 9.47 Å². The molecule has 1 aromatic carbocycles. The maximum Gasteiger partial charge on any atom is 0.191 e. The molecular formula is C23H38N4O2. The van der Waals surface area contributed by atoms with Crippen LogP contribution in [0, 0.1) is 0 Å². The largest absolute Gasteiger partial charge is 0.379 e. The highest BCUT2D eigenvalue weighted by Crippen LogP contribution is 2.19. The third-order valence-corrected chi connectivity index (χ3v) is 5.84. The molecule has 0 atom stereocenters. The van der Waals surface area contributed by atoms with Gasteiger partial charge in [0.1, 0.15) is 0 Å². The van der Waals surface area contributed by atoms with E-state index in [1.165, 1.54) is 49.7 Å². The molecule has 1 aliphatic heterocycles. The van der Waals surface area contributed by atoms with E-state index < -0.39 is 0 Å². The third kappa shape index (κ3) is 7.96. The summed E-state index contributed by atoms with van der Waals surface area (Å²) in [4.78, 5) is 6.82. The second-order valence-electron chi connectivity index (χ2n) is 7.99. The van der Waals surface area contributed by atoms with Gasteiger partial charge in [-0.3, -0.25) is 9.89 Å². The van der Waals surface area contributed by atoms with Crippen molar-refractivity contribution in [2.75, 3.05) is 46.5 Å². The lowest BCUT2D eigenvalue weighted by Crippen LogP contribution is -2.39. The zero-order chi connectivity index (χ0) is 20.2. The molecule has 2 N–H and O–H groups in total. The maximum absolute atomic E-state index is 6.06. The molecule has 0 radical (unpaired) electrons. The number of nitrogens with one attached hydrogen (secondary N) is 2. The normalized spacial score (nSPS) is 19.7. The second-order valence-corrected chi connectivity index (χ2v) is 7.99. The molecule has 3 rings (SSSR count). The van der Waals surface area contributed by atoms with E-state index in [2.05, 4.69) is 44.8 Å². The zero-order valence-electron chi connectivity index (χ0n) is 18.0. The summed E-state index contributed by atoms with van der Waals surface area (Å²) in [7, 11) is 1.82. The molecule has 0 spiro atoms. The highest BCUT2D eigenvalue weighted by molar-refractivity contribution is 5.79. The van der Waals surface area contributed by atoms with Crippen molar-refractivity contribution in [1.82, 2.24) is 15.5 Å². The monoisotopic (exact) mass is 402 g/mol. The van der Waals surface area contributed by atoms with Crippen LogP contribution in [0.2, 0.25) is 0 Å². The van der Waals surface area contributed by atoms with Gasteiger partial charge in [0.15, 0.2) is 5.96 Å². The highest BCUT2D eigenvalue weighted by Gasteiger charge is 2.14. The van der Waals surface area contributed by atoms with Crippen LogP contribution in [-0.4, -0.2) is 63.5 Å². The van der Waals surface area contributed by atoms with Gasteiger partial charge in [-0.15, -0.1) is 0 Å². The van der Waals surface area contributed by atoms with Crippen molar-refractivity contribution in [2.24, 2.45) is 4.99 Å². The molecule has 0 amide bonds. The number of hydrogen-bond donors (Lipinski definition) is 2. The molecule has 1 aromatic rings. The van der Waals surface area contributed by atoms with Crippen LogP contribution in [0.3, 0.4) is 0 Å². The van der Waals surface area contributed by atoms with E-state index in [0.29, 0.717) is 6.10 Å². The molecule has 2 fully saturated rings. The van der Waals surface area contributed by atoms with Crippen LogP contribution in [0.25, 0.3) is 0 Å². The summed E-state index contributed by atoms with van der Waals surface area (Å²) in [6.07, 6.45) is 8.22. The Morgan fingerprint density at radius 1 is 1.07 bits per heavy atom. The van der Waals surface area contributed by atoms with Crippen molar-refractivity contribution in [1.29, 1.82) is 0 Å². The lowest BCUT2D eigenvalue weighted by molar-refractivity contribution is 0.0341. The fourth-order valence-corrected chi connectivity index (χ4v) is 4.09. The van der Waals surface area contributed by atoms with Crippen LogP contribution in [-0.2, 0) is 22.6 Å². The average molecular weight is 403 g/mol. The van der Waals surface area contributed by atoms with Crippen LogP contribution in [0.1, 0.15) is 49.7 Å². The van der Waals surface area contributed by atoms with Gasteiger partial charge < -0.3 is 20.1 Å². The van der Waals surface area contributed by atoms with E-state index >= 15 is 0 Å². The number of ether oxygens (including phenoxy) is 2. The van der Waals surface area contributed by atoms with Crippen molar-refractivity contribution in [3.8, 4) is 0 Å². The SMILES string of the molecule is CN=C(NCCOC1CCCCCC1)NCc1ccccc1CN1CCOCC1. The van der Waals surface area contributed by atoms with Gasteiger partial charge in [0.2, 0.25) is 0 Å². The lowest BCUT2D eigenvalue weighted by atomic mass is 10.1. The molecule has 6 nitrogen and oxygen atoms in total. The predicted octanol–water partition coefficient (Wildman–Crippen LogP) is 2.92. The molecule has 1 saturated heterocycles. The molecule has 0 unspecified atom stereocenters. The first-order valence-corrected chi connectivity index (χ1v) is 11.3. The predicted molar refractivity (Wildman–Crippen MR) is 118 cm³/mol. The Hall–Kier alpha value is -1.63. The zero-order valence-corrected chi connectivity index (χ0v) is 18.0. The topological polar surface area (TPSA) is 58.1 Å². The van der Waals surface area contributed by atoms with Gasteiger partial charge in [-0.25, -0.2) is 0 Å². The van der Waals surface area contributed by atoms with Gasteiger partial charge >= 0.3 is 0 Å². The number of aliphatic imine (C=N–C) groups is 1. The number of nitrogens with zero attached hydrogens (tertiary/aromatic N) is 2. The van der Waals surface area contributed by atoms with Crippen molar-refractivity contribution >= 4 is 5.96 Å². The Morgan fingerprint density at radius 3 is 2.52 bits per heavy atom. The minimum absolute atomic E-state index is 0.446. The van der Waals surface area contributed by atoms with Crippen LogP contribution in [0.5, 0.6) is 0 Å². The Bertz CT molecular complexity index is 609. The highest BCUT2D eigenvalue weighted by atomic mass is 16.5. The molecule has 1 aliphatic carbocycles. The van der Waals surface area contributed by atoms with E-state index in [9.17, 15) is 0 Å². The van der Waals surface area contributed by atoms with Crippen molar-refractivity contribution in [3.63, 3.8) is 0 Å². The first-order chi connectivity index (χ1) is 14.3. The van der Waals surface area contributed by atoms with Crippen molar-refractivity contribution in [3.05, 3.63) is 35.4 Å². The molecular weight excluding hydrogens is 364 g/mol. The number of morpholine rings is 1. The standard InChI is InChI=1S/C23H38N4O2/c1-24-23(25-12-15-29-22-10-4-2-3-5-11-22)26-18-20-8-6-7-9-21(20)19-27-13-16-28-17-14-27/h6-9,22H,2-5,10-19H2,1H3,(H2,24,25,26). The second kappa shape index (κ2) is 12.8. The van der Waals surface area contributed by atoms with E-state index in [-0.39, 0.29) is 0 Å². The van der Waals surface area contributed by atoms with Gasteiger partial charge in [-0.2, -0.15) is 0 Å². The number of guanidine groups is 1. The summed E-state index contributed by atoms with van der Waals surface area (Å²) in [5.41, 5.74) is 2.69. The molecule has 1 saturated carbocycles. The minimum Gasteiger partial charge on any atom is -0.379 e. The maximum atomic E-state index is 6.06. The molecule has 29 heavy (non-hydrogen) atoms. The summed E-state index contributed by atoms with van der Waals surface area (Å²) in [6.45, 7) is 6.94. The molecule has 1 heterocycles. The van der Waals surface area contributed by atoms with Crippen LogP contribution >= 0.6 is 0 Å². The fourth-order valence-electron chi connectivity index (χ4n) is 4.09. The summed E-state index contributed by atoms with van der Waals surface area (Å²) < 4.78 is 11.5. The van der Waals surface area contributed by atoms with Gasteiger partial charge in [-0.05, 0) is 24.0 Å². The third-order valence-electron chi connectivity index (χ3n) is 5.84. The Balaban J connectivity index is 1.39. The van der Waals surface area contributed by atoms with E-state index in [4.69, 9.17) is 9.47 Å². The number of rotatable bonds is 8. The van der Waals surface area contributed by atoms with E-state index in [0.717, 1.165) is 58.5 Å². The molecule has 0 aromatic heterocycles. The molecule has 2 aliphatic rings. The smallest absolute Gasteiger partial charge is 0.191 e. The molecule has 6 heteroatoms. The summed E-state index contributed by atoms with van der Waals surface area (Å²) in [5.74, 6) is 0.829. The summed E-state index contributed by atoms with van der Waals surface area (Å²) in [5, 5.41) is 6.83. The lowest BCUT2D eigenvalue weighted by Gasteiger charge is -2.27. The van der Waals surface area contributed by atoms with Crippen LogP contribution in [0.15, 0.2) is 29.3 Å². The van der Waals surface area contributed by atoms with Gasteiger partial charge in [0, 0.05) is 39.8 Å². The molecule has 162 valence electrons. The number of benzene rings is 1. The van der Waals surface area contributed by atoms with Gasteiger partial charge in [0.05, 0.1) is 25.9 Å². The van der Waals surface area contributed by atoms with E-state index in [1.54, 1.807) is 0 Å². The van der Waals surface area contributed by atoms with Gasteiger partial charge in [0.25, 0.3) is 0 Å². The van der Waals surface area contributed by atoms with Crippen LogP contribution in [0.4, 0.5) is 0 Å². The minimum atomic E-state index is 0.446.